The van der Waals surface area contributed by atoms with Gasteiger partial charge in [-0.1, -0.05) is 30.3 Å². The first-order valence-corrected chi connectivity index (χ1v) is 4.66. The van der Waals surface area contributed by atoms with E-state index in [1.54, 1.807) is 0 Å². The average molecular weight is 193 g/mol. The third-order valence-electron chi connectivity index (χ3n) is 2.22. The van der Waals surface area contributed by atoms with E-state index in [0.29, 0.717) is 5.56 Å². The van der Waals surface area contributed by atoms with E-state index in [0.717, 1.165) is 16.8 Å². The molecule has 2 aromatic rings. The van der Waals surface area contributed by atoms with Gasteiger partial charge in [-0.05, 0) is 18.6 Å². The topological polar surface area (TPSA) is 36.7 Å². The van der Waals surface area contributed by atoms with E-state index < -0.39 is 0 Å². The van der Waals surface area contributed by atoms with E-state index in [9.17, 15) is 0 Å². The number of aryl methyl sites for hydroxylation is 1. The molecule has 1 heterocycles. The van der Waals surface area contributed by atoms with Crippen LogP contribution in [0.1, 0.15) is 11.1 Å². The third-order valence-corrected chi connectivity index (χ3v) is 2.22. The Morgan fingerprint density at radius 3 is 2.60 bits per heavy atom. The molecule has 2 nitrogen and oxygen atoms in total. The lowest BCUT2D eigenvalue weighted by atomic mass is 10.1. The fourth-order valence-electron chi connectivity index (χ4n) is 1.38. The van der Waals surface area contributed by atoms with E-state index in [-0.39, 0.29) is 0 Å². The predicted octanol–water partition coefficient (Wildman–Crippen LogP) is 2.73. The molecule has 0 saturated heterocycles. The molecule has 1 aromatic heterocycles. The molecule has 0 aliphatic carbocycles. The van der Waals surface area contributed by atoms with Crippen LogP contribution in [0.3, 0.4) is 0 Å². The molecule has 0 atom stereocenters. The van der Waals surface area contributed by atoms with Crippen LogP contribution in [0.5, 0.6) is 0 Å². The quantitative estimate of drug-likeness (QED) is 0.698. The zero-order valence-corrected chi connectivity index (χ0v) is 8.36. The Labute approximate surface area is 88.8 Å². The maximum Gasteiger partial charge on any atom is 0.109 e. The van der Waals surface area contributed by atoms with Crippen LogP contribution < -0.4 is 0 Å². The van der Waals surface area contributed by atoms with Gasteiger partial charge >= 0.3 is 0 Å². The first kappa shape index (κ1) is 9.42. The number of nitrogens with zero attached hydrogens (tertiary/aromatic N) is 2. The van der Waals surface area contributed by atoms with Gasteiger partial charge in [-0.15, -0.1) is 0 Å². The summed E-state index contributed by atoms with van der Waals surface area (Å²) in [5, 5.41) is 8.76. The maximum absolute atomic E-state index is 8.76. The van der Waals surface area contributed by atoms with E-state index in [1.807, 2.05) is 43.3 Å². The second-order valence-corrected chi connectivity index (χ2v) is 3.29. The molecule has 0 N–H and O–H groups in total. The summed E-state index contributed by atoms with van der Waals surface area (Å²) in [4.78, 5) is 4.13. The summed E-state index contributed by atoms with van der Waals surface area (Å²) in [6.07, 6.45) is 2.74. The minimum Gasteiger partial charge on any atom is -0.245 e. The van der Waals surface area contributed by atoms with Crippen LogP contribution in [0, 0.1) is 24.5 Å². The zero-order valence-electron chi connectivity index (χ0n) is 8.36. The molecular formula is C13H9N2. The van der Waals surface area contributed by atoms with E-state index >= 15 is 0 Å². The SMILES string of the molecule is Cc1cc(-c2ccccc2)n[c]c1C#N. The largest absolute Gasteiger partial charge is 0.245 e. The van der Waals surface area contributed by atoms with E-state index in [4.69, 9.17) is 5.26 Å². The Morgan fingerprint density at radius 2 is 2.00 bits per heavy atom. The molecule has 0 fully saturated rings. The molecule has 0 aliphatic heterocycles. The highest BCUT2D eigenvalue weighted by Gasteiger charge is 2.02. The summed E-state index contributed by atoms with van der Waals surface area (Å²) >= 11 is 0. The van der Waals surface area contributed by atoms with Gasteiger partial charge < -0.3 is 0 Å². The summed E-state index contributed by atoms with van der Waals surface area (Å²) in [6.45, 7) is 1.89. The summed E-state index contributed by atoms with van der Waals surface area (Å²) in [5.74, 6) is 0. The van der Waals surface area contributed by atoms with Crippen LogP contribution >= 0.6 is 0 Å². The third kappa shape index (κ3) is 1.87. The lowest BCUT2D eigenvalue weighted by molar-refractivity contribution is 1.24. The molecular weight excluding hydrogens is 184 g/mol. The summed E-state index contributed by atoms with van der Waals surface area (Å²) in [6, 6.07) is 13.8. The molecule has 1 radical (unpaired) electrons. The number of nitriles is 1. The van der Waals surface area contributed by atoms with Crippen LogP contribution in [0.2, 0.25) is 0 Å². The van der Waals surface area contributed by atoms with Gasteiger partial charge in [0, 0.05) is 5.56 Å². The van der Waals surface area contributed by atoms with Crippen molar-refractivity contribution < 1.29 is 0 Å². The normalized spacial score (nSPS) is 9.60. The standard InChI is InChI=1S/C13H9N2/c1-10-7-13(15-9-12(10)8-14)11-5-3-2-4-6-11/h2-7H,1H3. The van der Waals surface area contributed by atoms with Crippen molar-refractivity contribution >= 4 is 0 Å². The number of benzene rings is 1. The van der Waals surface area contributed by atoms with Crippen molar-refractivity contribution in [2.24, 2.45) is 0 Å². The van der Waals surface area contributed by atoms with Crippen molar-refractivity contribution in [1.82, 2.24) is 4.98 Å². The van der Waals surface area contributed by atoms with Crippen molar-refractivity contribution in [3.8, 4) is 17.3 Å². The van der Waals surface area contributed by atoms with Crippen LogP contribution in [0.25, 0.3) is 11.3 Å². The Bertz CT molecular complexity index is 510. The highest BCUT2D eigenvalue weighted by atomic mass is 14.7. The van der Waals surface area contributed by atoms with Crippen molar-refractivity contribution in [3.63, 3.8) is 0 Å². The second kappa shape index (κ2) is 3.93. The Balaban J connectivity index is 2.49. The van der Waals surface area contributed by atoms with Crippen LogP contribution in [0.4, 0.5) is 0 Å². The zero-order chi connectivity index (χ0) is 10.7. The first-order valence-electron chi connectivity index (χ1n) is 4.66. The summed E-state index contributed by atoms with van der Waals surface area (Å²) < 4.78 is 0. The number of pyridine rings is 1. The molecule has 0 spiro atoms. The molecule has 1 aromatic carbocycles. The minimum absolute atomic E-state index is 0.509. The van der Waals surface area contributed by atoms with Gasteiger partial charge in [0.25, 0.3) is 0 Å². The van der Waals surface area contributed by atoms with Gasteiger partial charge in [0.1, 0.15) is 12.3 Å². The number of hydrogen-bond donors (Lipinski definition) is 0. The minimum atomic E-state index is 0.509. The fourth-order valence-corrected chi connectivity index (χ4v) is 1.38. The van der Waals surface area contributed by atoms with Crippen LogP contribution in [-0.4, -0.2) is 4.98 Å². The molecule has 2 heteroatoms. The molecule has 0 unspecified atom stereocenters. The van der Waals surface area contributed by atoms with Crippen molar-refractivity contribution in [1.29, 1.82) is 5.26 Å². The highest BCUT2D eigenvalue weighted by Crippen LogP contribution is 2.18. The van der Waals surface area contributed by atoms with E-state index in [2.05, 4.69) is 17.3 Å². The van der Waals surface area contributed by atoms with Gasteiger partial charge in [-0.3, -0.25) is 0 Å². The lowest BCUT2D eigenvalue weighted by Crippen LogP contribution is -1.89. The van der Waals surface area contributed by atoms with E-state index in [1.165, 1.54) is 0 Å². The van der Waals surface area contributed by atoms with Gasteiger partial charge in [-0.2, -0.15) is 5.26 Å². The Hall–Kier alpha value is -2.14. The lowest BCUT2D eigenvalue weighted by Gasteiger charge is -2.01. The number of hydrogen-bond acceptors (Lipinski definition) is 2. The van der Waals surface area contributed by atoms with Crippen molar-refractivity contribution in [2.45, 2.75) is 6.92 Å². The van der Waals surface area contributed by atoms with Gasteiger partial charge in [-0.25, -0.2) is 4.98 Å². The van der Waals surface area contributed by atoms with Crippen LogP contribution in [0.15, 0.2) is 36.4 Å². The monoisotopic (exact) mass is 193 g/mol. The van der Waals surface area contributed by atoms with Crippen LogP contribution in [-0.2, 0) is 0 Å². The van der Waals surface area contributed by atoms with Crippen molar-refractivity contribution in [3.05, 3.63) is 53.7 Å². The Kier molecular flexibility index (Phi) is 2.47. The predicted molar refractivity (Wildman–Crippen MR) is 58.0 cm³/mol. The fraction of sp³-hybridized carbons (Fsp3) is 0.0769. The second-order valence-electron chi connectivity index (χ2n) is 3.29. The van der Waals surface area contributed by atoms with Gasteiger partial charge in [0.05, 0.1) is 11.3 Å². The summed E-state index contributed by atoms with van der Waals surface area (Å²) in [7, 11) is 0. The number of rotatable bonds is 1. The van der Waals surface area contributed by atoms with Gasteiger partial charge in [0.15, 0.2) is 0 Å². The maximum atomic E-state index is 8.76. The highest BCUT2D eigenvalue weighted by molar-refractivity contribution is 5.60. The number of aromatic nitrogens is 1. The molecule has 0 bridgehead atoms. The van der Waals surface area contributed by atoms with Gasteiger partial charge in [0.2, 0.25) is 0 Å². The smallest absolute Gasteiger partial charge is 0.109 e. The first-order chi connectivity index (χ1) is 7.31. The average Bonchev–Trinajstić information content (AvgIpc) is 2.30. The molecule has 15 heavy (non-hydrogen) atoms. The molecule has 0 amide bonds. The summed E-state index contributed by atoms with van der Waals surface area (Å²) in [5.41, 5.74) is 3.31. The molecule has 0 aliphatic rings. The molecule has 2 rings (SSSR count). The molecule has 0 saturated carbocycles. The molecule has 71 valence electrons. The van der Waals surface area contributed by atoms with Crippen molar-refractivity contribution in [2.75, 3.05) is 0 Å². The Morgan fingerprint density at radius 1 is 1.27 bits per heavy atom.